The van der Waals surface area contributed by atoms with Crippen molar-refractivity contribution in [3.8, 4) is 0 Å². The maximum atomic E-state index is 12.4. The maximum Gasteiger partial charge on any atom is 0.227 e. The van der Waals surface area contributed by atoms with E-state index in [0.29, 0.717) is 11.6 Å². The maximum absolute atomic E-state index is 12.4. The number of nitrogens with two attached hydrogens (primary N) is 1. The second kappa shape index (κ2) is 4.55. The topological polar surface area (TPSA) is 55.1 Å². The van der Waals surface area contributed by atoms with Crippen LogP contribution in [-0.4, -0.2) is 5.91 Å². The Morgan fingerprint density at radius 1 is 1.21 bits per heavy atom. The lowest BCUT2D eigenvalue weighted by Crippen LogP contribution is -2.27. The van der Waals surface area contributed by atoms with Crippen molar-refractivity contribution >= 4 is 17.3 Å². The molecule has 0 heterocycles. The van der Waals surface area contributed by atoms with Crippen LogP contribution in [0.4, 0.5) is 11.4 Å². The predicted octanol–water partition coefficient (Wildman–Crippen LogP) is 3.26. The number of amides is 1. The highest BCUT2D eigenvalue weighted by molar-refractivity contribution is 5.96. The molecule has 3 rings (SSSR count). The van der Waals surface area contributed by atoms with Gasteiger partial charge in [-0.2, -0.15) is 0 Å². The van der Waals surface area contributed by atoms with E-state index in [1.807, 2.05) is 26.0 Å². The summed E-state index contributed by atoms with van der Waals surface area (Å²) in [5.41, 5.74) is 9.77. The van der Waals surface area contributed by atoms with E-state index in [-0.39, 0.29) is 11.8 Å². The van der Waals surface area contributed by atoms with Gasteiger partial charge in [0.1, 0.15) is 0 Å². The number of carbonyl (C=O) groups excluding carboxylic acids is 1. The second-order valence-electron chi connectivity index (χ2n) is 6.29. The number of carbonyl (C=O) groups is 1. The third-order valence-corrected chi connectivity index (χ3v) is 5.00. The van der Waals surface area contributed by atoms with Gasteiger partial charge in [0.2, 0.25) is 5.91 Å². The fourth-order valence-electron chi connectivity index (χ4n) is 3.74. The molecule has 0 aromatic heterocycles. The number of aryl methyl sites for hydroxylation is 2. The van der Waals surface area contributed by atoms with Crippen molar-refractivity contribution in [2.75, 3.05) is 11.1 Å². The smallest absolute Gasteiger partial charge is 0.227 e. The summed E-state index contributed by atoms with van der Waals surface area (Å²) in [4.78, 5) is 12.4. The second-order valence-corrected chi connectivity index (χ2v) is 6.29. The minimum Gasteiger partial charge on any atom is -0.397 e. The van der Waals surface area contributed by atoms with Crippen molar-refractivity contribution in [3.63, 3.8) is 0 Å². The lowest BCUT2D eigenvalue weighted by atomic mass is 9.88. The van der Waals surface area contributed by atoms with Crippen molar-refractivity contribution in [2.45, 2.75) is 39.5 Å². The highest BCUT2D eigenvalue weighted by atomic mass is 16.1. The molecule has 1 aromatic rings. The van der Waals surface area contributed by atoms with Gasteiger partial charge in [-0.3, -0.25) is 4.79 Å². The Balaban J connectivity index is 1.75. The minimum absolute atomic E-state index is 0.169. The standard InChI is InChI=1S/C16H22N2O/c1-9-5-14(17)15(6-10(9)2)18-16(19)13-8-11-3-4-12(13)7-11/h5-6,11-13H,3-4,7-8,17H2,1-2H3,(H,18,19). The molecule has 2 bridgehead atoms. The number of hydrogen-bond donors (Lipinski definition) is 2. The number of anilines is 2. The molecule has 2 saturated carbocycles. The molecule has 3 heteroatoms. The first kappa shape index (κ1) is 12.5. The lowest BCUT2D eigenvalue weighted by Gasteiger charge is -2.21. The van der Waals surface area contributed by atoms with Crippen LogP contribution in [0.3, 0.4) is 0 Å². The summed E-state index contributed by atoms with van der Waals surface area (Å²) >= 11 is 0. The van der Waals surface area contributed by atoms with Gasteiger partial charge in [-0.15, -0.1) is 0 Å². The summed E-state index contributed by atoms with van der Waals surface area (Å²) in [5.74, 6) is 1.78. The van der Waals surface area contributed by atoms with E-state index >= 15 is 0 Å². The normalized spacial score (nSPS) is 28.6. The average Bonchev–Trinajstić information content (AvgIpc) is 2.98. The summed E-state index contributed by atoms with van der Waals surface area (Å²) in [7, 11) is 0. The first-order valence-corrected chi connectivity index (χ1v) is 7.22. The van der Waals surface area contributed by atoms with Gasteiger partial charge in [0.05, 0.1) is 11.4 Å². The fraction of sp³-hybridized carbons (Fsp3) is 0.562. The van der Waals surface area contributed by atoms with Gasteiger partial charge in [0.15, 0.2) is 0 Å². The third-order valence-electron chi connectivity index (χ3n) is 5.00. The van der Waals surface area contributed by atoms with Crippen molar-refractivity contribution in [1.82, 2.24) is 0 Å². The average molecular weight is 258 g/mol. The Hall–Kier alpha value is -1.51. The summed E-state index contributed by atoms with van der Waals surface area (Å²) in [6.45, 7) is 4.08. The van der Waals surface area contributed by atoms with Crippen LogP contribution in [0.15, 0.2) is 12.1 Å². The molecule has 0 aliphatic heterocycles. The van der Waals surface area contributed by atoms with Crippen LogP contribution in [-0.2, 0) is 4.79 Å². The number of benzene rings is 1. The molecule has 2 aliphatic carbocycles. The predicted molar refractivity (Wildman–Crippen MR) is 77.9 cm³/mol. The van der Waals surface area contributed by atoms with Crippen LogP contribution >= 0.6 is 0 Å². The van der Waals surface area contributed by atoms with E-state index < -0.39 is 0 Å². The molecule has 0 radical (unpaired) electrons. The summed E-state index contributed by atoms with van der Waals surface area (Å²) in [6, 6.07) is 3.92. The monoisotopic (exact) mass is 258 g/mol. The van der Waals surface area contributed by atoms with Gasteiger partial charge < -0.3 is 11.1 Å². The first-order chi connectivity index (χ1) is 9.04. The number of nitrogen functional groups attached to an aromatic ring is 1. The van der Waals surface area contributed by atoms with Gasteiger partial charge in [-0.25, -0.2) is 0 Å². The van der Waals surface area contributed by atoms with Crippen LogP contribution in [0, 0.1) is 31.6 Å². The van der Waals surface area contributed by atoms with Crippen LogP contribution in [0.2, 0.25) is 0 Å². The van der Waals surface area contributed by atoms with E-state index in [9.17, 15) is 4.79 Å². The number of fused-ring (bicyclic) bond motifs is 2. The van der Waals surface area contributed by atoms with Crippen molar-refractivity contribution in [2.24, 2.45) is 17.8 Å². The Labute approximate surface area is 114 Å². The van der Waals surface area contributed by atoms with Gasteiger partial charge >= 0.3 is 0 Å². The zero-order valence-corrected chi connectivity index (χ0v) is 11.7. The molecule has 1 amide bonds. The molecular weight excluding hydrogens is 236 g/mol. The van der Waals surface area contributed by atoms with E-state index in [0.717, 1.165) is 29.2 Å². The van der Waals surface area contributed by atoms with E-state index in [1.54, 1.807) is 0 Å². The van der Waals surface area contributed by atoms with Crippen LogP contribution in [0.1, 0.15) is 36.8 Å². The number of hydrogen-bond acceptors (Lipinski definition) is 2. The summed E-state index contributed by atoms with van der Waals surface area (Å²) in [6.07, 6.45) is 4.87. The molecule has 1 aromatic carbocycles. The zero-order chi connectivity index (χ0) is 13.6. The van der Waals surface area contributed by atoms with Crippen molar-refractivity contribution in [3.05, 3.63) is 23.3 Å². The van der Waals surface area contributed by atoms with Gasteiger partial charge in [-0.05, 0) is 68.2 Å². The summed E-state index contributed by atoms with van der Waals surface area (Å²) in [5, 5.41) is 3.04. The molecule has 19 heavy (non-hydrogen) atoms. The van der Waals surface area contributed by atoms with E-state index in [4.69, 9.17) is 5.73 Å². The third kappa shape index (κ3) is 2.22. The van der Waals surface area contributed by atoms with Crippen molar-refractivity contribution < 1.29 is 4.79 Å². The Bertz CT molecular complexity index is 524. The Morgan fingerprint density at radius 3 is 2.58 bits per heavy atom. The minimum atomic E-state index is 0.169. The fourth-order valence-corrected chi connectivity index (χ4v) is 3.74. The lowest BCUT2D eigenvalue weighted by molar-refractivity contribution is -0.121. The Morgan fingerprint density at radius 2 is 1.95 bits per heavy atom. The van der Waals surface area contributed by atoms with Gasteiger partial charge in [0.25, 0.3) is 0 Å². The van der Waals surface area contributed by atoms with E-state index in [1.165, 1.54) is 19.3 Å². The Kier molecular flexibility index (Phi) is 3.00. The zero-order valence-electron chi connectivity index (χ0n) is 11.7. The SMILES string of the molecule is Cc1cc(N)c(NC(=O)C2CC3CCC2C3)cc1C. The molecule has 3 nitrogen and oxygen atoms in total. The molecule has 102 valence electrons. The molecule has 0 saturated heterocycles. The molecule has 0 spiro atoms. The first-order valence-electron chi connectivity index (χ1n) is 7.22. The molecule has 3 N–H and O–H groups in total. The van der Waals surface area contributed by atoms with Crippen LogP contribution in [0.25, 0.3) is 0 Å². The highest BCUT2D eigenvalue weighted by Crippen LogP contribution is 2.48. The number of rotatable bonds is 2. The summed E-state index contributed by atoms with van der Waals surface area (Å²) < 4.78 is 0. The van der Waals surface area contributed by atoms with E-state index in [2.05, 4.69) is 5.32 Å². The quantitative estimate of drug-likeness (QED) is 0.800. The van der Waals surface area contributed by atoms with Gasteiger partial charge in [0, 0.05) is 5.92 Å². The van der Waals surface area contributed by atoms with Crippen molar-refractivity contribution in [1.29, 1.82) is 0 Å². The highest BCUT2D eigenvalue weighted by Gasteiger charge is 2.43. The number of nitrogens with one attached hydrogen (secondary N) is 1. The largest absolute Gasteiger partial charge is 0.397 e. The van der Waals surface area contributed by atoms with Crippen LogP contribution in [0.5, 0.6) is 0 Å². The molecule has 2 fully saturated rings. The molecule has 2 aliphatic rings. The van der Waals surface area contributed by atoms with Crippen LogP contribution < -0.4 is 11.1 Å². The molecular formula is C16H22N2O. The molecule has 3 unspecified atom stereocenters. The van der Waals surface area contributed by atoms with Gasteiger partial charge in [-0.1, -0.05) is 6.42 Å². The molecule has 3 atom stereocenters.